The highest BCUT2D eigenvalue weighted by Crippen LogP contribution is 2.39. The molecule has 1 aromatic heterocycles. The third-order valence-electron chi connectivity index (χ3n) is 6.19. The van der Waals surface area contributed by atoms with Gasteiger partial charge in [-0.25, -0.2) is 18.8 Å². The minimum atomic E-state index is -0.643. The second kappa shape index (κ2) is 10.9. The Morgan fingerprint density at radius 1 is 1.38 bits per heavy atom. The second-order valence-electron chi connectivity index (χ2n) is 8.60. The van der Waals surface area contributed by atoms with Crippen molar-refractivity contribution in [3.63, 3.8) is 0 Å². The number of aryl methyl sites for hydroxylation is 1. The van der Waals surface area contributed by atoms with E-state index >= 15 is 4.39 Å². The van der Waals surface area contributed by atoms with Gasteiger partial charge in [0.15, 0.2) is 11.7 Å². The summed E-state index contributed by atoms with van der Waals surface area (Å²) in [5.41, 5.74) is 0.866. The van der Waals surface area contributed by atoms with Crippen LogP contribution in [-0.2, 0) is 11.8 Å². The number of hydrogen-bond donors (Lipinski definition) is 2. The number of ether oxygens (including phenoxy) is 1. The Bertz CT molecular complexity index is 1420. The lowest BCUT2D eigenvalue weighted by molar-refractivity contribution is -0.110. The topological polar surface area (TPSA) is 104 Å². The van der Waals surface area contributed by atoms with Gasteiger partial charge in [0.1, 0.15) is 22.8 Å². The first-order valence-electron chi connectivity index (χ1n) is 11.7. The number of anilines is 2. The molecule has 0 spiro atoms. The summed E-state index contributed by atoms with van der Waals surface area (Å²) < 4.78 is 36.4. The van der Waals surface area contributed by atoms with Crippen molar-refractivity contribution < 1.29 is 23.4 Å². The smallest absolute Gasteiger partial charge is 0.269 e. The van der Waals surface area contributed by atoms with E-state index in [9.17, 15) is 14.3 Å². The molecule has 9 nitrogen and oxygen atoms in total. The van der Waals surface area contributed by atoms with Crippen molar-refractivity contribution in [2.24, 2.45) is 17.0 Å². The molecule has 3 aromatic rings. The van der Waals surface area contributed by atoms with Gasteiger partial charge < -0.3 is 20.1 Å². The molecule has 1 atom stereocenters. The number of hydrogen-bond acceptors (Lipinski definition) is 6. The SMILES string of the molecule is C=CN=C(N=C(C)C(=O)Nc1cc(F)c2nn(C)cc2c1N1CCC[C@@H]1CO)c1c(F)cccc1OC. The van der Waals surface area contributed by atoms with Gasteiger partial charge in [-0.3, -0.25) is 9.48 Å². The molecule has 1 saturated heterocycles. The zero-order valence-corrected chi connectivity index (χ0v) is 20.8. The molecule has 2 aromatic carbocycles. The van der Waals surface area contributed by atoms with Crippen LogP contribution in [0.1, 0.15) is 25.3 Å². The number of fused-ring (bicyclic) bond motifs is 1. The van der Waals surface area contributed by atoms with E-state index in [1.54, 1.807) is 19.3 Å². The highest BCUT2D eigenvalue weighted by atomic mass is 19.1. The van der Waals surface area contributed by atoms with Crippen LogP contribution in [0.2, 0.25) is 0 Å². The van der Waals surface area contributed by atoms with Crippen molar-refractivity contribution >= 4 is 39.7 Å². The number of nitrogens with zero attached hydrogens (tertiary/aromatic N) is 5. The highest BCUT2D eigenvalue weighted by molar-refractivity contribution is 6.44. The number of aliphatic imine (C=N–C) groups is 2. The molecule has 194 valence electrons. The molecule has 2 N–H and O–H groups in total. The average Bonchev–Trinajstić information content (AvgIpc) is 3.50. The van der Waals surface area contributed by atoms with Crippen molar-refractivity contribution in [2.45, 2.75) is 25.8 Å². The number of nitrogens with one attached hydrogen (secondary N) is 1. The van der Waals surface area contributed by atoms with E-state index in [0.29, 0.717) is 17.6 Å². The maximum absolute atomic E-state index is 15.0. The number of aromatic nitrogens is 2. The number of carbonyl (C=O) groups excluding carboxylic acids is 1. The van der Waals surface area contributed by atoms with Gasteiger partial charge in [0.25, 0.3) is 5.91 Å². The van der Waals surface area contributed by atoms with Crippen molar-refractivity contribution in [2.75, 3.05) is 30.5 Å². The number of methoxy groups -OCH3 is 1. The Balaban J connectivity index is 1.75. The average molecular weight is 511 g/mol. The molecule has 1 amide bonds. The Labute approximate surface area is 212 Å². The lowest BCUT2D eigenvalue weighted by atomic mass is 10.1. The highest BCUT2D eigenvalue weighted by Gasteiger charge is 2.30. The zero-order chi connectivity index (χ0) is 26.7. The summed E-state index contributed by atoms with van der Waals surface area (Å²) in [5, 5.41) is 17.4. The summed E-state index contributed by atoms with van der Waals surface area (Å²) in [5.74, 6) is -1.79. The molecule has 0 unspecified atom stereocenters. The predicted molar refractivity (Wildman–Crippen MR) is 140 cm³/mol. The number of aliphatic hydroxyl groups excluding tert-OH is 1. The molecule has 37 heavy (non-hydrogen) atoms. The van der Waals surface area contributed by atoms with Crippen LogP contribution in [0.15, 0.2) is 53.2 Å². The number of halogens is 2. The first-order chi connectivity index (χ1) is 17.8. The fourth-order valence-electron chi connectivity index (χ4n) is 4.52. The van der Waals surface area contributed by atoms with Crippen LogP contribution in [-0.4, -0.2) is 58.6 Å². The number of aliphatic hydroxyl groups is 1. The molecule has 1 aliphatic heterocycles. The lowest BCUT2D eigenvalue weighted by Crippen LogP contribution is -2.33. The van der Waals surface area contributed by atoms with E-state index in [1.807, 2.05) is 4.90 Å². The number of benzene rings is 2. The van der Waals surface area contributed by atoms with Crippen LogP contribution in [0, 0.1) is 11.6 Å². The van der Waals surface area contributed by atoms with Crippen LogP contribution >= 0.6 is 0 Å². The summed E-state index contributed by atoms with van der Waals surface area (Å²) in [6, 6.07) is 5.29. The van der Waals surface area contributed by atoms with Gasteiger partial charge in [-0.15, -0.1) is 0 Å². The summed E-state index contributed by atoms with van der Waals surface area (Å²) in [7, 11) is 3.07. The Hall–Kier alpha value is -4.12. The maximum atomic E-state index is 15.0. The molecule has 1 fully saturated rings. The molecule has 1 aliphatic rings. The van der Waals surface area contributed by atoms with Crippen LogP contribution in [0.5, 0.6) is 5.75 Å². The Kier molecular flexibility index (Phi) is 7.63. The van der Waals surface area contributed by atoms with Crippen molar-refractivity contribution in [1.29, 1.82) is 0 Å². The molecule has 0 aliphatic carbocycles. The molecule has 0 saturated carbocycles. The van der Waals surface area contributed by atoms with Crippen LogP contribution in [0.3, 0.4) is 0 Å². The number of carbonyl (C=O) groups is 1. The Morgan fingerprint density at radius 3 is 2.86 bits per heavy atom. The normalized spacial score (nSPS) is 16.4. The van der Waals surface area contributed by atoms with Gasteiger partial charge in [0, 0.05) is 37.4 Å². The van der Waals surface area contributed by atoms with E-state index in [0.717, 1.165) is 12.8 Å². The van der Waals surface area contributed by atoms with Gasteiger partial charge in [-0.1, -0.05) is 12.6 Å². The number of rotatable bonds is 7. The van der Waals surface area contributed by atoms with Gasteiger partial charge in [0.2, 0.25) is 0 Å². The number of amidine groups is 1. The minimum Gasteiger partial charge on any atom is -0.496 e. The first-order valence-corrected chi connectivity index (χ1v) is 11.7. The van der Waals surface area contributed by atoms with E-state index in [-0.39, 0.29) is 46.7 Å². The Morgan fingerprint density at radius 2 is 2.16 bits per heavy atom. The van der Waals surface area contributed by atoms with Gasteiger partial charge in [-0.2, -0.15) is 5.10 Å². The molecule has 11 heteroatoms. The fraction of sp³-hybridized carbons (Fsp3) is 0.308. The van der Waals surface area contributed by atoms with Gasteiger partial charge >= 0.3 is 0 Å². The quantitative estimate of drug-likeness (QED) is 0.372. The molecular formula is C26H28F2N6O3. The van der Waals surface area contributed by atoms with Gasteiger partial charge in [0.05, 0.1) is 36.7 Å². The van der Waals surface area contributed by atoms with E-state index < -0.39 is 17.5 Å². The van der Waals surface area contributed by atoms with E-state index in [4.69, 9.17) is 4.74 Å². The minimum absolute atomic E-state index is 0.0246. The summed E-state index contributed by atoms with van der Waals surface area (Å²) in [4.78, 5) is 23.5. The maximum Gasteiger partial charge on any atom is 0.269 e. The fourth-order valence-corrected chi connectivity index (χ4v) is 4.52. The summed E-state index contributed by atoms with van der Waals surface area (Å²) in [6.45, 7) is 5.52. The van der Waals surface area contributed by atoms with Crippen molar-refractivity contribution in [3.8, 4) is 5.75 Å². The molecule has 0 bridgehead atoms. The molecule has 2 heterocycles. The largest absolute Gasteiger partial charge is 0.496 e. The second-order valence-corrected chi connectivity index (χ2v) is 8.60. The van der Waals surface area contributed by atoms with Crippen molar-refractivity contribution in [3.05, 3.63) is 60.4 Å². The lowest BCUT2D eigenvalue weighted by Gasteiger charge is -2.28. The van der Waals surface area contributed by atoms with E-state index in [1.165, 1.54) is 43.1 Å². The molecule has 4 rings (SSSR count). The summed E-state index contributed by atoms with van der Waals surface area (Å²) >= 11 is 0. The first kappa shape index (κ1) is 26.0. The zero-order valence-electron chi connectivity index (χ0n) is 20.8. The van der Waals surface area contributed by atoms with Crippen molar-refractivity contribution in [1.82, 2.24) is 9.78 Å². The van der Waals surface area contributed by atoms with Gasteiger partial charge in [-0.05, 0) is 31.9 Å². The van der Waals surface area contributed by atoms with Crippen LogP contribution in [0.25, 0.3) is 10.9 Å². The third-order valence-corrected chi connectivity index (χ3v) is 6.19. The monoisotopic (exact) mass is 510 g/mol. The predicted octanol–water partition coefficient (Wildman–Crippen LogP) is 3.81. The van der Waals surface area contributed by atoms with Crippen LogP contribution in [0.4, 0.5) is 20.2 Å². The standard InChI is InChI=1S/C26H28F2N6O3/c1-5-29-25(22-18(27)9-6-10-21(22)37-4)30-15(2)26(36)31-20-12-19(28)23-17(13-33(3)32-23)24(20)34-11-7-8-16(34)14-35/h5-6,9-10,12-13,16,35H,1,7-8,11,14H2,2-4H3,(H,31,36)/t16-/m1/s1. The van der Waals surface area contributed by atoms with E-state index in [2.05, 4.69) is 27.0 Å². The number of amides is 1. The third kappa shape index (κ3) is 5.08. The van der Waals surface area contributed by atoms with Crippen LogP contribution < -0.4 is 15.0 Å². The summed E-state index contributed by atoms with van der Waals surface area (Å²) in [6.07, 6.45) is 4.46. The molecule has 0 radical (unpaired) electrons. The molecular weight excluding hydrogens is 482 g/mol.